The number of hydrogen-bond donors (Lipinski definition) is 1. The van der Waals surface area contributed by atoms with Gasteiger partial charge >= 0.3 is 0 Å². The second kappa shape index (κ2) is 9.71. The van der Waals surface area contributed by atoms with Gasteiger partial charge in [0.2, 0.25) is 15.9 Å². The number of nitrogens with zero attached hydrogens (tertiary/aromatic N) is 1. The summed E-state index contributed by atoms with van der Waals surface area (Å²) in [4.78, 5) is 12.3. The lowest BCUT2D eigenvalue weighted by atomic mass is 9.87. The normalized spacial score (nSPS) is 11.8. The molecule has 0 aliphatic carbocycles. The number of amides is 1. The van der Waals surface area contributed by atoms with Gasteiger partial charge in [-0.3, -0.25) is 9.10 Å². The van der Waals surface area contributed by atoms with Crippen molar-refractivity contribution in [3.8, 4) is 5.75 Å². The molecule has 0 atom stereocenters. The van der Waals surface area contributed by atoms with Crippen LogP contribution in [0.2, 0.25) is 5.02 Å². The Labute approximate surface area is 184 Å². The molecule has 0 saturated carbocycles. The number of rotatable bonds is 8. The van der Waals surface area contributed by atoms with E-state index in [-0.39, 0.29) is 25.1 Å². The lowest BCUT2D eigenvalue weighted by molar-refractivity contribution is -0.119. The van der Waals surface area contributed by atoms with Crippen molar-refractivity contribution >= 4 is 33.2 Å². The number of carbonyl (C=O) groups excluding carboxylic acids is 1. The van der Waals surface area contributed by atoms with Crippen LogP contribution in [0.15, 0.2) is 42.5 Å². The smallest absolute Gasteiger partial charge is 0.240 e. The molecule has 0 spiro atoms. The summed E-state index contributed by atoms with van der Waals surface area (Å²) in [6.07, 6.45) is 1.06. The minimum absolute atomic E-state index is 0.0688. The molecule has 0 fully saturated rings. The van der Waals surface area contributed by atoms with Crippen molar-refractivity contribution < 1.29 is 17.9 Å². The monoisotopic (exact) mass is 452 g/mol. The molecule has 0 radical (unpaired) electrons. The van der Waals surface area contributed by atoms with Gasteiger partial charge in [0.15, 0.2) is 0 Å². The summed E-state index contributed by atoms with van der Waals surface area (Å²) in [5, 5.41) is 3.13. The van der Waals surface area contributed by atoms with E-state index < -0.39 is 15.9 Å². The van der Waals surface area contributed by atoms with Crippen LogP contribution in [0.5, 0.6) is 5.75 Å². The lowest BCUT2D eigenvalue weighted by Gasteiger charge is -2.24. The number of carbonyl (C=O) groups is 1. The number of nitrogens with one attached hydrogen (secondary N) is 1. The SMILES string of the molecule is Cc1c(Cl)cccc1N(CC(=O)NCCOc1ccc(C(C)(C)C)cc1)S(C)(=O)=O. The van der Waals surface area contributed by atoms with Crippen molar-refractivity contribution in [2.45, 2.75) is 33.1 Å². The Hall–Kier alpha value is -2.25. The molecular weight excluding hydrogens is 424 g/mol. The summed E-state index contributed by atoms with van der Waals surface area (Å²) in [5.41, 5.74) is 2.26. The maximum Gasteiger partial charge on any atom is 0.240 e. The molecule has 0 saturated heterocycles. The maximum absolute atomic E-state index is 12.3. The Morgan fingerprint density at radius 3 is 2.33 bits per heavy atom. The molecule has 2 aromatic rings. The molecule has 2 aromatic carbocycles. The second-order valence-electron chi connectivity index (χ2n) is 8.13. The summed E-state index contributed by atoms with van der Waals surface area (Å²) in [5.74, 6) is 0.288. The van der Waals surface area contributed by atoms with Gasteiger partial charge in [-0.25, -0.2) is 8.42 Å². The Kier molecular flexibility index (Phi) is 7.77. The predicted molar refractivity (Wildman–Crippen MR) is 122 cm³/mol. The highest BCUT2D eigenvalue weighted by Gasteiger charge is 2.23. The van der Waals surface area contributed by atoms with Crippen LogP contribution in [-0.2, 0) is 20.2 Å². The van der Waals surface area contributed by atoms with Crippen molar-refractivity contribution in [3.05, 3.63) is 58.6 Å². The summed E-state index contributed by atoms with van der Waals surface area (Å²) in [6, 6.07) is 12.8. The van der Waals surface area contributed by atoms with Crippen LogP contribution in [0.25, 0.3) is 0 Å². The van der Waals surface area contributed by atoms with E-state index in [1.807, 2.05) is 24.3 Å². The van der Waals surface area contributed by atoms with Crippen molar-refractivity contribution in [2.75, 3.05) is 30.3 Å². The average molecular weight is 453 g/mol. The third-order valence-electron chi connectivity index (χ3n) is 4.61. The van der Waals surface area contributed by atoms with Gasteiger partial charge < -0.3 is 10.1 Å². The first-order valence-electron chi connectivity index (χ1n) is 9.62. The number of sulfonamides is 1. The molecular formula is C22H29ClN2O4S. The van der Waals surface area contributed by atoms with E-state index in [1.165, 1.54) is 5.56 Å². The average Bonchev–Trinajstić information content (AvgIpc) is 2.65. The van der Waals surface area contributed by atoms with Gasteiger partial charge in [-0.2, -0.15) is 0 Å². The standard InChI is InChI=1S/C22H29ClN2O4S/c1-16-19(23)7-6-8-20(16)25(30(5,27)28)15-21(26)24-13-14-29-18-11-9-17(10-12-18)22(2,3)4/h6-12H,13-15H2,1-5H3,(H,24,26). The lowest BCUT2D eigenvalue weighted by Crippen LogP contribution is -2.41. The quantitative estimate of drug-likeness (QED) is 0.616. The summed E-state index contributed by atoms with van der Waals surface area (Å²) < 4.78 is 31.1. The highest BCUT2D eigenvalue weighted by Crippen LogP contribution is 2.28. The van der Waals surface area contributed by atoms with Crippen LogP contribution < -0.4 is 14.4 Å². The van der Waals surface area contributed by atoms with Crippen LogP contribution in [0, 0.1) is 6.92 Å². The third kappa shape index (κ3) is 6.64. The highest BCUT2D eigenvalue weighted by molar-refractivity contribution is 7.92. The van der Waals surface area contributed by atoms with Gasteiger partial charge in [-0.05, 0) is 47.7 Å². The number of benzene rings is 2. The minimum Gasteiger partial charge on any atom is -0.492 e. The first-order valence-corrected chi connectivity index (χ1v) is 11.8. The predicted octanol–water partition coefficient (Wildman–Crippen LogP) is 3.91. The van der Waals surface area contributed by atoms with Crippen LogP contribution in [0.4, 0.5) is 5.69 Å². The zero-order chi connectivity index (χ0) is 22.5. The molecule has 30 heavy (non-hydrogen) atoms. The molecule has 8 heteroatoms. The van der Waals surface area contributed by atoms with E-state index >= 15 is 0 Å². The van der Waals surface area contributed by atoms with Crippen molar-refractivity contribution in [2.24, 2.45) is 0 Å². The molecule has 2 rings (SSSR count). The van der Waals surface area contributed by atoms with Crippen LogP contribution in [-0.4, -0.2) is 40.3 Å². The Bertz CT molecular complexity index is 983. The molecule has 0 aliphatic rings. The zero-order valence-electron chi connectivity index (χ0n) is 18.0. The van der Waals surface area contributed by atoms with E-state index in [2.05, 4.69) is 26.1 Å². The van der Waals surface area contributed by atoms with Crippen molar-refractivity contribution in [3.63, 3.8) is 0 Å². The zero-order valence-corrected chi connectivity index (χ0v) is 19.6. The summed E-state index contributed by atoms with van der Waals surface area (Å²) in [7, 11) is -3.66. The minimum atomic E-state index is -3.66. The number of halogens is 1. The third-order valence-corrected chi connectivity index (χ3v) is 6.14. The van der Waals surface area contributed by atoms with Gasteiger partial charge in [0.25, 0.3) is 0 Å². The second-order valence-corrected chi connectivity index (χ2v) is 10.4. The molecule has 0 unspecified atom stereocenters. The Morgan fingerprint density at radius 2 is 1.77 bits per heavy atom. The number of anilines is 1. The highest BCUT2D eigenvalue weighted by atomic mass is 35.5. The van der Waals surface area contributed by atoms with Gasteiger partial charge in [0.05, 0.1) is 18.5 Å². The largest absolute Gasteiger partial charge is 0.492 e. The molecule has 1 N–H and O–H groups in total. The Balaban J connectivity index is 1.91. The molecule has 1 amide bonds. The molecule has 0 aliphatic heterocycles. The van der Waals surface area contributed by atoms with Gasteiger partial charge in [-0.15, -0.1) is 0 Å². The summed E-state index contributed by atoms with van der Waals surface area (Å²) >= 11 is 6.10. The summed E-state index contributed by atoms with van der Waals surface area (Å²) in [6.45, 7) is 8.34. The van der Waals surface area contributed by atoms with Gasteiger partial charge in [-0.1, -0.05) is 50.6 Å². The van der Waals surface area contributed by atoms with Gasteiger partial charge in [0, 0.05) is 5.02 Å². The van der Waals surface area contributed by atoms with Crippen LogP contribution in [0.1, 0.15) is 31.9 Å². The molecule has 6 nitrogen and oxygen atoms in total. The molecule has 164 valence electrons. The fraction of sp³-hybridized carbons (Fsp3) is 0.409. The fourth-order valence-corrected chi connectivity index (χ4v) is 3.92. The van der Waals surface area contributed by atoms with E-state index in [9.17, 15) is 13.2 Å². The molecule has 0 bridgehead atoms. The van der Waals surface area contributed by atoms with E-state index in [1.54, 1.807) is 25.1 Å². The Morgan fingerprint density at radius 1 is 1.13 bits per heavy atom. The number of ether oxygens (including phenoxy) is 1. The van der Waals surface area contributed by atoms with Crippen LogP contribution >= 0.6 is 11.6 Å². The van der Waals surface area contributed by atoms with E-state index in [4.69, 9.17) is 16.3 Å². The van der Waals surface area contributed by atoms with Crippen molar-refractivity contribution in [1.82, 2.24) is 5.32 Å². The fourth-order valence-electron chi connectivity index (χ4n) is 2.84. The van der Waals surface area contributed by atoms with E-state index in [0.717, 1.165) is 10.6 Å². The number of hydrogen-bond acceptors (Lipinski definition) is 4. The first-order chi connectivity index (χ1) is 13.9. The van der Waals surface area contributed by atoms with E-state index in [0.29, 0.717) is 22.0 Å². The van der Waals surface area contributed by atoms with Crippen LogP contribution in [0.3, 0.4) is 0 Å². The van der Waals surface area contributed by atoms with Gasteiger partial charge in [0.1, 0.15) is 18.9 Å². The van der Waals surface area contributed by atoms with Crippen molar-refractivity contribution in [1.29, 1.82) is 0 Å². The topological polar surface area (TPSA) is 75.7 Å². The molecule has 0 aromatic heterocycles. The maximum atomic E-state index is 12.3. The first kappa shape index (κ1) is 24.0. The molecule has 0 heterocycles.